The maximum absolute atomic E-state index is 12.1. The molecule has 2 N–H and O–H groups in total. The molecule has 0 saturated carbocycles. The minimum atomic E-state index is -4.11. The van der Waals surface area contributed by atoms with Crippen molar-refractivity contribution in [3.8, 4) is 0 Å². The maximum atomic E-state index is 12.1. The van der Waals surface area contributed by atoms with Gasteiger partial charge in [-0.25, -0.2) is 0 Å². The number of hydrogen-bond donors (Lipinski definition) is 2. The van der Waals surface area contributed by atoms with E-state index in [1.54, 1.807) is 12.4 Å². The van der Waals surface area contributed by atoms with Crippen molar-refractivity contribution in [3.63, 3.8) is 0 Å². The Morgan fingerprint density at radius 2 is 2.21 bits per heavy atom. The van der Waals surface area contributed by atoms with Crippen molar-refractivity contribution in [2.45, 2.75) is 19.6 Å². The van der Waals surface area contributed by atoms with Gasteiger partial charge in [0, 0.05) is 25.5 Å². The van der Waals surface area contributed by atoms with Crippen LogP contribution in [0.5, 0.6) is 0 Å². The molecule has 0 saturated heterocycles. The van der Waals surface area contributed by atoms with Crippen LogP contribution in [0.3, 0.4) is 0 Å². The lowest BCUT2D eigenvalue weighted by Crippen LogP contribution is -2.30. The average Bonchev–Trinajstić information content (AvgIpc) is 2.55. The van der Waals surface area contributed by atoms with Gasteiger partial charge in [-0.3, -0.25) is 0 Å². The number of hydrogen-bond acceptors (Lipinski definition) is 1. The van der Waals surface area contributed by atoms with E-state index in [2.05, 4.69) is 10.3 Å². The molecule has 1 rings (SSSR count). The van der Waals surface area contributed by atoms with Gasteiger partial charge in [-0.1, -0.05) is 6.92 Å². The molecule has 0 aliphatic rings. The van der Waals surface area contributed by atoms with E-state index < -0.39 is 12.1 Å². The molecule has 1 atom stereocenters. The van der Waals surface area contributed by atoms with Crippen LogP contribution in [0.2, 0.25) is 0 Å². The molecule has 0 amide bonds. The molecule has 0 bridgehead atoms. The topological polar surface area (TPSA) is 27.8 Å². The molecule has 0 aliphatic heterocycles. The maximum Gasteiger partial charge on any atom is 0.392 e. The minimum absolute atomic E-state index is 0.0469. The quantitative estimate of drug-likeness (QED) is 0.777. The van der Waals surface area contributed by atoms with Crippen LogP contribution in [0.4, 0.5) is 13.2 Å². The molecule has 0 aromatic carbocycles. The van der Waals surface area contributed by atoms with Gasteiger partial charge in [-0.2, -0.15) is 13.2 Å². The van der Waals surface area contributed by atoms with Gasteiger partial charge in [-0.05, 0) is 11.6 Å². The summed E-state index contributed by atoms with van der Waals surface area (Å²) in [5, 5.41) is 2.75. The van der Waals surface area contributed by atoms with Crippen molar-refractivity contribution in [1.82, 2.24) is 10.3 Å². The van der Waals surface area contributed by atoms with Crippen LogP contribution in [-0.4, -0.2) is 17.7 Å². The number of aromatic amines is 1. The van der Waals surface area contributed by atoms with E-state index in [0.717, 1.165) is 5.56 Å². The summed E-state index contributed by atoms with van der Waals surface area (Å²) in [5.41, 5.74) is 0.958. The molecule has 0 radical (unpaired) electrons. The fourth-order valence-corrected chi connectivity index (χ4v) is 1.02. The van der Waals surface area contributed by atoms with Gasteiger partial charge < -0.3 is 10.3 Å². The Kier molecular flexibility index (Phi) is 3.57. The summed E-state index contributed by atoms with van der Waals surface area (Å²) >= 11 is 0. The second kappa shape index (κ2) is 4.50. The molecule has 1 aromatic heterocycles. The summed E-state index contributed by atoms with van der Waals surface area (Å²) in [4.78, 5) is 2.84. The summed E-state index contributed by atoms with van der Waals surface area (Å²) in [7, 11) is 0. The molecule has 80 valence electrons. The SMILES string of the molecule is CC(CNCc1cc[nH]c1)C(F)(F)F. The number of nitrogens with one attached hydrogen (secondary N) is 2. The molecule has 0 spiro atoms. The normalized spacial score (nSPS) is 14.3. The van der Waals surface area contributed by atoms with Gasteiger partial charge in [0.15, 0.2) is 0 Å². The summed E-state index contributed by atoms with van der Waals surface area (Å²) in [6, 6.07) is 1.82. The standard InChI is InChI=1S/C9H13F3N2/c1-7(9(10,11)12)4-14-6-8-2-3-13-5-8/h2-3,5,7,13-14H,4,6H2,1H3. The lowest BCUT2D eigenvalue weighted by molar-refractivity contribution is -0.168. The van der Waals surface area contributed by atoms with Crippen molar-refractivity contribution in [2.24, 2.45) is 5.92 Å². The van der Waals surface area contributed by atoms with Crippen LogP contribution in [0.25, 0.3) is 0 Å². The highest BCUT2D eigenvalue weighted by Gasteiger charge is 2.35. The second-order valence-electron chi connectivity index (χ2n) is 3.29. The summed E-state index contributed by atoms with van der Waals surface area (Å²) in [6.45, 7) is 1.59. The van der Waals surface area contributed by atoms with Crippen LogP contribution in [0.1, 0.15) is 12.5 Å². The second-order valence-corrected chi connectivity index (χ2v) is 3.29. The number of halogens is 3. The third-order valence-corrected chi connectivity index (χ3v) is 2.00. The smallest absolute Gasteiger partial charge is 0.367 e. The number of H-pyrrole nitrogens is 1. The largest absolute Gasteiger partial charge is 0.392 e. The Labute approximate surface area is 80.5 Å². The van der Waals surface area contributed by atoms with E-state index in [1.165, 1.54) is 6.92 Å². The van der Waals surface area contributed by atoms with E-state index in [1.807, 2.05) is 6.07 Å². The zero-order chi connectivity index (χ0) is 10.6. The zero-order valence-electron chi connectivity index (χ0n) is 7.86. The summed E-state index contributed by atoms with van der Waals surface area (Å²) in [5.74, 6) is -1.30. The highest BCUT2D eigenvalue weighted by atomic mass is 19.4. The molecule has 0 aliphatic carbocycles. The van der Waals surface area contributed by atoms with E-state index in [9.17, 15) is 13.2 Å². The Morgan fingerprint density at radius 3 is 2.71 bits per heavy atom. The van der Waals surface area contributed by atoms with Crippen LogP contribution in [0, 0.1) is 5.92 Å². The van der Waals surface area contributed by atoms with Crippen LogP contribution in [0.15, 0.2) is 18.5 Å². The summed E-state index contributed by atoms with van der Waals surface area (Å²) in [6.07, 6.45) is -0.611. The molecule has 0 fully saturated rings. The van der Waals surface area contributed by atoms with Crippen molar-refractivity contribution < 1.29 is 13.2 Å². The van der Waals surface area contributed by atoms with E-state index in [4.69, 9.17) is 0 Å². The first-order valence-electron chi connectivity index (χ1n) is 4.39. The Hall–Kier alpha value is -0.970. The molecular formula is C9H13F3N2. The third-order valence-electron chi connectivity index (χ3n) is 2.00. The first kappa shape index (κ1) is 11.1. The van der Waals surface area contributed by atoms with Crippen molar-refractivity contribution in [3.05, 3.63) is 24.0 Å². The van der Waals surface area contributed by atoms with E-state index in [-0.39, 0.29) is 6.54 Å². The van der Waals surface area contributed by atoms with Crippen LogP contribution in [-0.2, 0) is 6.54 Å². The third kappa shape index (κ3) is 3.41. The minimum Gasteiger partial charge on any atom is -0.367 e. The number of alkyl halides is 3. The predicted molar refractivity (Wildman–Crippen MR) is 47.7 cm³/mol. The monoisotopic (exact) mass is 206 g/mol. The van der Waals surface area contributed by atoms with Gasteiger partial charge in [0.2, 0.25) is 0 Å². The lowest BCUT2D eigenvalue weighted by atomic mass is 10.2. The Balaban J connectivity index is 2.22. The molecule has 1 heterocycles. The number of rotatable bonds is 4. The van der Waals surface area contributed by atoms with Crippen molar-refractivity contribution >= 4 is 0 Å². The Morgan fingerprint density at radius 1 is 1.50 bits per heavy atom. The van der Waals surface area contributed by atoms with E-state index >= 15 is 0 Å². The van der Waals surface area contributed by atoms with Gasteiger partial charge in [0.25, 0.3) is 0 Å². The van der Waals surface area contributed by atoms with Crippen LogP contribution >= 0.6 is 0 Å². The zero-order valence-corrected chi connectivity index (χ0v) is 7.86. The fraction of sp³-hybridized carbons (Fsp3) is 0.556. The molecular weight excluding hydrogens is 193 g/mol. The molecule has 5 heteroatoms. The number of aromatic nitrogens is 1. The highest BCUT2D eigenvalue weighted by Crippen LogP contribution is 2.24. The predicted octanol–water partition coefficient (Wildman–Crippen LogP) is 2.30. The van der Waals surface area contributed by atoms with Gasteiger partial charge in [0.1, 0.15) is 0 Å². The molecule has 1 unspecified atom stereocenters. The van der Waals surface area contributed by atoms with Crippen molar-refractivity contribution in [2.75, 3.05) is 6.54 Å². The first-order chi connectivity index (χ1) is 6.50. The van der Waals surface area contributed by atoms with Gasteiger partial charge in [0.05, 0.1) is 5.92 Å². The first-order valence-corrected chi connectivity index (χ1v) is 4.39. The molecule has 2 nitrogen and oxygen atoms in total. The molecule has 1 aromatic rings. The highest BCUT2D eigenvalue weighted by molar-refractivity contribution is 5.07. The lowest BCUT2D eigenvalue weighted by Gasteiger charge is -2.15. The van der Waals surface area contributed by atoms with Gasteiger partial charge in [-0.15, -0.1) is 0 Å². The average molecular weight is 206 g/mol. The Bertz CT molecular complexity index is 254. The van der Waals surface area contributed by atoms with E-state index in [0.29, 0.717) is 6.54 Å². The fourth-order valence-electron chi connectivity index (χ4n) is 1.02. The van der Waals surface area contributed by atoms with Crippen molar-refractivity contribution in [1.29, 1.82) is 0 Å². The van der Waals surface area contributed by atoms with Gasteiger partial charge >= 0.3 is 6.18 Å². The van der Waals surface area contributed by atoms with Crippen LogP contribution < -0.4 is 5.32 Å². The molecule has 14 heavy (non-hydrogen) atoms. The summed E-state index contributed by atoms with van der Waals surface area (Å²) < 4.78 is 36.2.